The molecular weight excluding hydrogens is 192 g/mol. The molecular formula is C10H14N4O. The van der Waals surface area contributed by atoms with Crippen molar-refractivity contribution < 1.29 is 4.79 Å². The predicted octanol–water partition coefficient (Wildman–Crippen LogP) is 1.17. The van der Waals surface area contributed by atoms with E-state index < -0.39 is 0 Å². The van der Waals surface area contributed by atoms with E-state index in [2.05, 4.69) is 10.2 Å². The van der Waals surface area contributed by atoms with Crippen molar-refractivity contribution in [1.29, 1.82) is 0 Å². The van der Waals surface area contributed by atoms with E-state index in [0.717, 1.165) is 17.8 Å². The van der Waals surface area contributed by atoms with E-state index in [1.165, 1.54) is 5.01 Å². The number of hydrazone groups is 1. The molecule has 0 saturated heterocycles. The first-order chi connectivity index (χ1) is 7.08. The van der Waals surface area contributed by atoms with E-state index in [4.69, 9.17) is 0 Å². The second kappa shape index (κ2) is 3.49. The summed E-state index contributed by atoms with van der Waals surface area (Å²) in [6.07, 6.45) is 4.18. The number of amides is 1. The highest BCUT2D eigenvalue weighted by atomic mass is 16.2. The van der Waals surface area contributed by atoms with Gasteiger partial charge in [-0.15, -0.1) is 0 Å². The van der Waals surface area contributed by atoms with Crippen LogP contribution in [0.15, 0.2) is 17.5 Å². The molecule has 0 saturated carbocycles. The van der Waals surface area contributed by atoms with E-state index in [-0.39, 0.29) is 11.8 Å². The van der Waals surface area contributed by atoms with Gasteiger partial charge in [-0.05, 0) is 13.3 Å². The molecule has 5 nitrogen and oxygen atoms in total. The lowest BCUT2D eigenvalue weighted by Gasteiger charge is -2.25. The number of hydrogen-bond donors (Lipinski definition) is 0. The Kier molecular flexibility index (Phi) is 2.30. The summed E-state index contributed by atoms with van der Waals surface area (Å²) in [7, 11) is 1.82. The van der Waals surface area contributed by atoms with Gasteiger partial charge in [0.05, 0.1) is 12.4 Å². The minimum Gasteiger partial charge on any atom is -0.274 e. The fourth-order valence-corrected chi connectivity index (χ4v) is 1.70. The third-order valence-electron chi connectivity index (χ3n) is 2.44. The van der Waals surface area contributed by atoms with Crippen molar-refractivity contribution in [2.75, 3.05) is 5.01 Å². The molecule has 0 radical (unpaired) electrons. The lowest BCUT2D eigenvalue weighted by atomic mass is 10.0. The number of hydrogen-bond acceptors (Lipinski definition) is 3. The maximum atomic E-state index is 11.9. The molecule has 1 amide bonds. The van der Waals surface area contributed by atoms with Crippen molar-refractivity contribution in [3.63, 3.8) is 0 Å². The Morgan fingerprint density at radius 2 is 2.27 bits per heavy atom. The van der Waals surface area contributed by atoms with Gasteiger partial charge in [-0.1, -0.05) is 6.92 Å². The van der Waals surface area contributed by atoms with Crippen LogP contribution < -0.4 is 5.01 Å². The van der Waals surface area contributed by atoms with Crippen LogP contribution in [-0.4, -0.2) is 21.4 Å². The highest BCUT2D eigenvalue weighted by Gasteiger charge is 2.27. The molecule has 0 N–H and O–H groups in total. The first-order valence-corrected chi connectivity index (χ1v) is 4.94. The van der Waals surface area contributed by atoms with Gasteiger partial charge in [0, 0.05) is 18.7 Å². The van der Waals surface area contributed by atoms with Crippen LogP contribution in [-0.2, 0) is 11.8 Å². The summed E-state index contributed by atoms with van der Waals surface area (Å²) in [5, 5.41) is 9.72. The van der Waals surface area contributed by atoms with Gasteiger partial charge in [-0.3, -0.25) is 9.48 Å². The maximum absolute atomic E-state index is 11.9. The Morgan fingerprint density at radius 3 is 2.87 bits per heavy atom. The Labute approximate surface area is 88.4 Å². The molecule has 2 rings (SSSR count). The summed E-state index contributed by atoms with van der Waals surface area (Å²) >= 11 is 0. The number of carbonyl (C=O) groups excluding carboxylic acids is 1. The molecule has 0 unspecified atom stereocenters. The van der Waals surface area contributed by atoms with Crippen molar-refractivity contribution in [1.82, 2.24) is 9.78 Å². The Morgan fingerprint density at radius 1 is 1.53 bits per heavy atom. The Hall–Kier alpha value is -1.65. The zero-order chi connectivity index (χ0) is 11.0. The quantitative estimate of drug-likeness (QED) is 0.692. The molecule has 1 aromatic rings. The zero-order valence-corrected chi connectivity index (χ0v) is 9.14. The van der Waals surface area contributed by atoms with Crippen molar-refractivity contribution in [2.24, 2.45) is 18.1 Å². The fourth-order valence-electron chi connectivity index (χ4n) is 1.70. The fraction of sp³-hybridized carbons (Fsp3) is 0.500. The standard InChI is InChI=1S/C10H14N4O/c1-7-4-8(2)12-14(10(7)15)9-5-11-13(3)6-9/h5-7H,4H2,1-3H3/t7-/m0/s1. The van der Waals surface area contributed by atoms with Gasteiger partial charge in [0.25, 0.3) is 5.91 Å². The van der Waals surface area contributed by atoms with Crippen LogP contribution in [0.3, 0.4) is 0 Å². The molecule has 2 heterocycles. The molecule has 0 fully saturated rings. The van der Waals surface area contributed by atoms with Crippen molar-refractivity contribution in [3.05, 3.63) is 12.4 Å². The molecule has 0 bridgehead atoms. The molecule has 0 aliphatic carbocycles. The highest BCUT2D eigenvalue weighted by Crippen LogP contribution is 2.22. The van der Waals surface area contributed by atoms with Gasteiger partial charge in [0.2, 0.25) is 0 Å². The minimum absolute atomic E-state index is 0.00251. The lowest BCUT2D eigenvalue weighted by Crippen LogP contribution is -2.36. The summed E-state index contributed by atoms with van der Waals surface area (Å²) in [6.45, 7) is 3.86. The largest absolute Gasteiger partial charge is 0.274 e. The first kappa shape index (κ1) is 9.89. The van der Waals surface area contributed by atoms with Gasteiger partial charge >= 0.3 is 0 Å². The molecule has 15 heavy (non-hydrogen) atoms. The molecule has 1 atom stereocenters. The average Bonchev–Trinajstić information content (AvgIpc) is 2.58. The van der Waals surface area contributed by atoms with E-state index in [1.807, 2.05) is 20.9 Å². The molecule has 1 aliphatic heterocycles. The average molecular weight is 206 g/mol. The minimum atomic E-state index is 0.00251. The van der Waals surface area contributed by atoms with Crippen LogP contribution in [0.4, 0.5) is 5.69 Å². The van der Waals surface area contributed by atoms with Crippen molar-refractivity contribution in [2.45, 2.75) is 20.3 Å². The topological polar surface area (TPSA) is 50.5 Å². The van der Waals surface area contributed by atoms with Crippen LogP contribution >= 0.6 is 0 Å². The number of carbonyl (C=O) groups is 1. The third-order valence-corrected chi connectivity index (χ3v) is 2.44. The monoisotopic (exact) mass is 206 g/mol. The SMILES string of the molecule is CC1=NN(c2cnn(C)c2)C(=O)[C@@H](C)C1. The van der Waals surface area contributed by atoms with Crippen LogP contribution in [0.1, 0.15) is 20.3 Å². The second-order valence-electron chi connectivity index (χ2n) is 3.96. The lowest BCUT2D eigenvalue weighted by molar-refractivity contribution is -0.122. The van der Waals surface area contributed by atoms with Crippen LogP contribution in [0.25, 0.3) is 0 Å². The van der Waals surface area contributed by atoms with Gasteiger partial charge in [-0.2, -0.15) is 15.2 Å². The van der Waals surface area contributed by atoms with Crippen LogP contribution in [0, 0.1) is 5.92 Å². The summed E-state index contributed by atoms with van der Waals surface area (Å²) in [5.74, 6) is 0.0382. The first-order valence-electron chi connectivity index (χ1n) is 4.94. The number of anilines is 1. The smallest absolute Gasteiger partial charge is 0.250 e. The third kappa shape index (κ3) is 1.77. The summed E-state index contributed by atoms with van der Waals surface area (Å²) in [4.78, 5) is 11.9. The van der Waals surface area contributed by atoms with Gasteiger partial charge in [-0.25, -0.2) is 0 Å². The number of nitrogens with zero attached hydrogens (tertiary/aromatic N) is 4. The normalized spacial score (nSPS) is 21.8. The molecule has 0 aromatic carbocycles. The second-order valence-corrected chi connectivity index (χ2v) is 3.96. The van der Waals surface area contributed by atoms with Gasteiger partial charge in [0.1, 0.15) is 5.69 Å². The van der Waals surface area contributed by atoms with E-state index in [9.17, 15) is 4.79 Å². The predicted molar refractivity (Wildman–Crippen MR) is 57.6 cm³/mol. The number of rotatable bonds is 1. The molecule has 1 aromatic heterocycles. The Balaban J connectivity index is 2.35. The number of aryl methyl sites for hydroxylation is 1. The van der Waals surface area contributed by atoms with Crippen LogP contribution in [0.2, 0.25) is 0 Å². The van der Waals surface area contributed by atoms with E-state index in [1.54, 1.807) is 17.1 Å². The Bertz CT molecular complexity index is 421. The molecule has 80 valence electrons. The van der Waals surface area contributed by atoms with Gasteiger partial charge < -0.3 is 0 Å². The van der Waals surface area contributed by atoms with E-state index >= 15 is 0 Å². The molecule has 1 aliphatic rings. The summed E-state index contributed by atoms with van der Waals surface area (Å²) < 4.78 is 1.66. The number of aromatic nitrogens is 2. The summed E-state index contributed by atoms with van der Waals surface area (Å²) in [5.41, 5.74) is 1.71. The zero-order valence-electron chi connectivity index (χ0n) is 9.14. The molecule has 5 heteroatoms. The highest BCUT2D eigenvalue weighted by molar-refractivity contribution is 6.02. The van der Waals surface area contributed by atoms with E-state index in [0.29, 0.717) is 0 Å². The maximum Gasteiger partial charge on any atom is 0.250 e. The van der Waals surface area contributed by atoms with Crippen LogP contribution in [0.5, 0.6) is 0 Å². The van der Waals surface area contributed by atoms with Crippen molar-refractivity contribution >= 4 is 17.3 Å². The summed E-state index contributed by atoms with van der Waals surface area (Å²) in [6, 6.07) is 0. The molecule has 0 spiro atoms. The van der Waals surface area contributed by atoms with Gasteiger partial charge in [0.15, 0.2) is 0 Å². The van der Waals surface area contributed by atoms with Crippen molar-refractivity contribution in [3.8, 4) is 0 Å².